The molecule has 1 aromatic carbocycles. The molecule has 0 unspecified atom stereocenters. The van der Waals surface area contributed by atoms with Gasteiger partial charge in [-0.25, -0.2) is 0 Å². The van der Waals surface area contributed by atoms with Gasteiger partial charge in [-0.1, -0.05) is 18.2 Å². The van der Waals surface area contributed by atoms with Gasteiger partial charge in [-0.05, 0) is 44.4 Å². The summed E-state index contributed by atoms with van der Waals surface area (Å²) in [5.41, 5.74) is -0.672. The number of benzene rings is 1. The number of hydrogen-bond donors (Lipinski definition) is 4. The van der Waals surface area contributed by atoms with E-state index in [9.17, 15) is 37.1 Å². The molecule has 1 aromatic rings. The number of ketones is 1. The van der Waals surface area contributed by atoms with Crippen LogP contribution in [0.25, 0.3) is 0 Å². The summed E-state index contributed by atoms with van der Waals surface area (Å²) >= 11 is 5.99. The highest BCUT2D eigenvalue weighted by atomic mass is 35.5. The lowest BCUT2D eigenvalue weighted by Crippen LogP contribution is -2.48. The van der Waals surface area contributed by atoms with Crippen molar-refractivity contribution in [2.24, 2.45) is 5.92 Å². The fourth-order valence-electron chi connectivity index (χ4n) is 3.62. The van der Waals surface area contributed by atoms with Crippen LogP contribution in [0.4, 0.5) is 18.9 Å². The minimum atomic E-state index is -4.48. The third-order valence-corrected chi connectivity index (χ3v) is 5.73. The molecule has 4 N–H and O–H groups in total. The molecular weight excluding hydrogens is 505 g/mol. The smallest absolute Gasteiger partial charge is 0.353 e. The molecule has 13 heteroatoms. The summed E-state index contributed by atoms with van der Waals surface area (Å²) in [4.78, 5) is 62.2. The molecule has 4 amide bonds. The normalized spacial score (nSPS) is 18.1. The van der Waals surface area contributed by atoms with Crippen molar-refractivity contribution in [2.45, 2.75) is 50.9 Å². The lowest BCUT2D eigenvalue weighted by molar-refractivity contribution is -0.139. The van der Waals surface area contributed by atoms with Crippen LogP contribution < -0.4 is 21.3 Å². The molecule has 3 atom stereocenters. The predicted octanol–water partition coefficient (Wildman–Crippen LogP) is 2.51. The Kier molecular flexibility index (Phi) is 9.62. The van der Waals surface area contributed by atoms with Gasteiger partial charge in [-0.3, -0.25) is 24.0 Å². The highest BCUT2D eigenvalue weighted by Crippen LogP contribution is 2.26. The number of carbonyl (C=O) groups is 5. The maximum Gasteiger partial charge on any atom is 0.389 e. The Morgan fingerprint density at radius 2 is 1.89 bits per heavy atom. The fourth-order valence-corrected chi connectivity index (χ4v) is 3.79. The van der Waals surface area contributed by atoms with Crippen molar-refractivity contribution in [3.8, 4) is 0 Å². The maximum atomic E-state index is 13.1. The highest BCUT2D eigenvalue weighted by Gasteiger charge is 2.36. The van der Waals surface area contributed by atoms with Gasteiger partial charge in [-0.15, -0.1) is 0 Å². The number of halogens is 4. The van der Waals surface area contributed by atoms with Crippen molar-refractivity contribution >= 4 is 46.7 Å². The Morgan fingerprint density at radius 3 is 2.44 bits per heavy atom. The van der Waals surface area contributed by atoms with E-state index in [0.717, 1.165) is 0 Å². The van der Waals surface area contributed by atoms with Crippen LogP contribution in [-0.2, 0) is 19.2 Å². The molecule has 0 aromatic heterocycles. The van der Waals surface area contributed by atoms with Crippen molar-refractivity contribution in [1.82, 2.24) is 16.0 Å². The van der Waals surface area contributed by atoms with E-state index < -0.39 is 54.5 Å². The molecule has 1 aliphatic heterocycles. The van der Waals surface area contributed by atoms with Crippen LogP contribution >= 0.6 is 11.6 Å². The van der Waals surface area contributed by atoms with Crippen molar-refractivity contribution in [3.05, 3.63) is 40.9 Å². The molecule has 0 radical (unpaired) electrons. The summed E-state index contributed by atoms with van der Waals surface area (Å²) in [7, 11) is 1.24. The average Bonchev–Trinajstić information content (AvgIpc) is 3.12. The molecule has 1 fully saturated rings. The Morgan fingerprint density at radius 1 is 1.22 bits per heavy atom. The largest absolute Gasteiger partial charge is 0.389 e. The van der Waals surface area contributed by atoms with Crippen LogP contribution in [0.15, 0.2) is 30.4 Å². The number of amides is 4. The van der Waals surface area contributed by atoms with Crippen LogP contribution in [0.5, 0.6) is 0 Å². The number of nitrogens with one attached hydrogen (secondary N) is 4. The van der Waals surface area contributed by atoms with E-state index in [4.69, 9.17) is 11.6 Å². The molecule has 9 nitrogen and oxygen atoms in total. The summed E-state index contributed by atoms with van der Waals surface area (Å²) in [5.74, 6) is -4.75. The Balaban J connectivity index is 2.24. The quantitative estimate of drug-likeness (QED) is 0.272. The topological polar surface area (TPSA) is 133 Å². The zero-order valence-electron chi connectivity index (χ0n) is 19.6. The van der Waals surface area contributed by atoms with Crippen molar-refractivity contribution in [3.63, 3.8) is 0 Å². The summed E-state index contributed by atoms with van der Waals surface area (Å²) < 4.78 is 37.4. The van der Waals surface area contributed by atoms with E-state index in [1.807, 2.05) is 0 Å². The molecule has 0 bridgehead atoms. The van der Waals surface area contributed by atoms with Crippen LogP contribution in [-0.4, -0.2) is 54.7 Å². The van der Waals surface area contributed by atoms with Gasteiger partial charge in [0.25, 0.3) is 17.7 Å². The molecule has 1 aliphatic rings. The molecule has 0 spiro atoms. The first-order chi connectivity index (χ1) is 16.7. The van der Waals surface area contributed by atoms with Gasteiger partial charge in [0.2, 0.25) is 11.7 Å². The summed E-state index contributed by atoms with van der Waals surface area (Å²) in [5, 5.41) is 9.71. The second-order valence-electron chi connectivity index (χ2n) is 8.41. The first-order valence-electron chi connectivity index (χ1n) is 10.9. The van der Waals surface area contributed by atoms with Crippen LogP contribution in [0.2, 0.25) is 5.02 Å². The number of alkyl halides is 3. The maximum absolute atomic E-state index is 13.1. The highest BCUT2D eigenvalue weighted by molar-refractivity contribution is 6.38. The molecule has 0 aliphatic carbocycles. The lowest BCUT2D eigenvalue weighted by Gasteiger charge is -2.20. The molecule has 2 rings (SSSR count). The molecule has 36 heavy (non-hydrogen) atoms. The zero-order valence-corrected chi connectivity index (χ0v) is 20.3. The number of anilines is 1. The summed E-state index contributed by atoms with van der Waals surface area (Å²) in [6.45, 7) is 5.12. The van der Waals surface area contributed by atoms with Crippen molar-refractivity contribution in [1.29, 1.82) is 0 Å². The molecule has 1 saturated heterocycles. The number of likely N-dealkylation sites (N-methyl/N-ethyl adjacent to an activating group) is 1. The number of hydrogen-bond acceptors (Lipinski definition) is 5. The minimum Gasteiger partial charge on any atom is -0.353 e. The van der Waals surface area contributed by atoms with Crippen molar-refractivity contribution in [2.75, 3.05) is 12.4 Å². The Bertz CT molecular complexity index is 1080. The van der Waals surface area contributed by atoms with Gasteiger partial charge in [0.05, 0.1) is 17.3 Å². The van der Waals surface area contributed by atoms with E-state index >= 15 is 0 Å². The fraction of sp³-hybridized carbons (Fsp3) is 0.435. The van der Waals surface area contributed by atoms with E-state index in [-0.39, 0.29) is 40.2 Å². The van der Waals surface area contributed by atoms with Gasteiger partial charge < -0.3 is 21.3 Å². The van der Waals surface area contributed by atoms with Gasteiger partial charge in [0.15, 0.2) is 0 Å². The standard InChI is InChI=1S/C23H26ClF3N4O5/c1-11(6-7-23(25,26)27)19(33)30-16-5-4-14(24)10-15(16)21(35)31-17(18(32)22(36)28-3)9-13-8-12(2)29-20(13)34/h4-5,10,12-13,17H,1,6-9H2,2-3H3,(H,28,36)(H,29,34)(H,30,33)(H,31,35)/t12-,13+,17+/m1/s1. The lowest BCUT2D eigenvalue weighted by atomic mass is 9.93. The van der Waals surface area contributed by atoms with Crippen LogP contribution in [0.1, 0.15) is 43.0 Å². The third-order valence-electron chi connectivity index (χ3n) is 5.50. The molecule has 196 valence electrons. The van der Waals surface area contributed by atoms with Crippen molar-refractivity contribution < 1.29 is 37.1 Å². The van der Waals surface area contributed by atoms with Gasteiger partial charge in [-0.2, -0.15) is 13.2 Å². The monoisotopic (exact) mass is 530 g/mol. The number of Topliss-reactive ketones (excluding diaryl/α,β-unsaturated/α-hetero) is 1. The summed E-state index contributed by atoms with van der Waals surface area (Å²) in [6.07, 6.45) is -6.12. The average molecular weight is 531 g/mol. The second-order valence-corrected chi connectivity index (χ2v) is 8.85. The Labute approximate surface area is 210 Å². The molecule has 1 heterocycles. The zero-order chi connectivity index (χ0) is 27.2. The number of carbonyl (C=O) groups excluding carboxylic acids is 5. The Hall–Kier alpha value is -3.41. The van der Waals surface area contributed by atoms with Gasteiger partial charge >= 0.3 is 6.18 Å². The number of rotatable bonds is 10. The predicted molar refractivity (Wildman–Crippen MR) is 125 cm³/mol. The van der Waals surface area contributed by atoms with Crippen LogP contribution in [0.3, 0.4) is 0 Å². The first kappa shape index (κ1) is 28.8. The van der Waals surface area contributed by atoms with Gasteiger partial charge in [0, 0.05) is 36.0 Å². The SMILES string of the molecule is C=C(CCC(F)(F)F)C(=O)Nc1ccc(Cl)cc1C(=O)N[C@@H](C[C@@H]1C[C@@H](C)NC1=O)C(=O)C(=O)NC. The summed E-state index contributed by atoms with van der Waals surface area (Å²) in [6, 6.07) is 2.26. The van der Waals surface area contributed by atoms with E-state index in [1.165, 1.54) is 25.2 Å². The van der Waals surface area contributed by atoms with E-state index in [1.54, 1.807) is 6.92 Å². The second kappa shape index (κ2) is 12.0. The molecular formula is C23H26ClF3N4O5. The van der Waals surface area contributed by atoms with E-state index in [2.05, 4.69) is 27.8 Å². The van der Waals surface area contributed by atoms with Crippen LogP contribution in [0, 0.1) is 5.92 Å². The van der Waals surface area contributed by atoms with Gasteiger partial charge in [0.1, 0.15) is 0 Å². The molecule has 0 saturated carbocycles. The first-order valence-corrected chi connectivity index (χ1v) is 11.3. The third kappa shape index (κ3) is 8.08. The van der Waals surface area contributed by atoms with E-state index in [0.29, 0.717) is 6.42 Å². The minimum absolute atomic E-state index is 0.0900.